The van der Waals surface area contributed by atoms with Crippen molar-refractivity contribution in [1.29, 1.82) is 0 Å². The van der Waals surface area contributed by atoms with Gasteiger partial charge in [0.1, 0.15) is 13.2 Å². The van der Waals surface area contributed by atoms with Gasteiger partial charge < -0.3 is 28.5 Å². The van der Waals surface area contributed by atoms with Crippen molar-refractivity contribution in [1.82, 2.24) is 0 Å². The van der Waals surface area contributed by atoms with Crippen molar-refractivity contribution < 1.29 is 42.9 Å². The molecule has 9 nitrogen and oxygen atoms in total. The highest BCUT2D eigenvalue weighted by Gasteiger charge is 2.25. The number of aliphatic carboxylic acids is 1. The summed E-state index contributed by atoms with van der Waals surface area (Å²) in [4.78, 5) is 37.7. The number of likely N-dealkylation sites (N-methyl/N-ethyl adjacent to an activating group) is 1. The van der Waals surface area contributed by atoms with Crippen LogP contribution in [0.15, 0.2) is 72.9 Å². The van der Waals surface area contributed by atoms with E-state index in [1.165, 1.54) is 244 Å². The Labute approximate surface area is 538 Å². The number of ether oxygens (including phenoxy) is 4. The number of unbranched alkanes of at least 4 members (excludes halogenated alkanes) is 42. The number of carboxylic acids is 1. The van der Waals surface area contributed by atoms with Gasteiger partial charge in [-0.05, 0) is 64.2 Å². The monoisotopic (exact) mass is 1220 g/mol. The lowest BCUT2D eigenvalue weighted by atomic mass is 10.0. The number of allylic oxidation sites excluding steroid dienone is 12. The van der Waals surface area contributed by atoms with Gasteiger partial charge in [0.15, 0.2) is 6.10 Å². The number of quaternary nitrogens is 1. The first-order valence-electron chi connectivity index (χ1n) is 37.1. The predicted octanol–water partition coefficient (Wildman–Crippen LogP) is 23.3. The van der Waals surface area contributed by atoms with Crippen molar-refractivity contribution in [3.05, 3.63) is 72.9 Å². The zero-order chi connectivity index (χ0) is 63.3. The van der Waals surface area contributed by atoms with Crippen LogP contribution in [0.25, 0.3) is 0 Å². The number of carboxylic acid groups (broad SMARTS) is 1. The van der Waals surface area contributed by atoms with E-state index in [9.17, 15) is 19.5 Å². The van der Waals surface area contributed by atoms with Gasteiger partial charge in [-0.25, -0.2) is 4.79 Å². The first-order chi connectivity index (χ1) is 42.6. The number of hydrogen-bond acceptors (Lipinski definition) is 7. The molecule has 0 aromatic heterocycles. The largest absolute Gasteiger partial charge is 0.477 e. The summed E-state index contributed by atoms with van der Waals surface area (Å²) < 4.78 is 23.0. The molecule has 2 unspecified atom stereocenters. The van der Waals surface area contributed by atoms with Crippen LogP contribution < -0.4 is 0 Å². The van der Waals surface area contributed by atoms with Crippen LogP contribution in [0.5, 0.6) is 0 Å². The zero-order valence-corrected chi connectivity index (χ0v) is 57.9. The molecule has 1 N–H and O–H groups in total. The molecular formula is C78H142NO8+. The van der Waals surface area contributed by atoms with Gasteiger partial charge in [0.2, 0.25) is 0 Å². The van der Waals surface area contributed by atoms with Crippen molar-refractivity contribution in [3.63, 3.8) is 0 Å². The van der Waals surface area contributed by atoms with Crippen LogP contribution in [0, 0.1) is 0 Å². The van der Waals surface area contributed by atoms with Crippen LogP contribution in [-0.2, 0) is 33.3 Å². The van der Waals surface area contributed by atoms with Crippen LogP contribution in [0.2, 0.25) is 0 Å². The maximum Gasteiger partial charge on any atom is 0.361 e. The summed E-state index contributed by atoms with van der Waals surface area (Å²) in [5.74, 6) is -1.98. The molecule has 87 heavy (non-hydrogen) atoms. The van der Waals surface area contributed by atoms with E-state index in [4.69, 9.17) is 18.9 Å². The van der Waals surface area contributed by atoms with E-state index < -0.39 is 18.4 Å². The molecule has 0 aromatic carbocycles. The van der Waals surface area contributed by atoms with E-state index in [1.54, 1.807) is 0 Å². The van der Waals surface area contributed by atoms with Crippen LogP contribution in [0.1, 0.15) is 348 Å². The minimum absolute atomic E-state index is 0.178. The summed E-state index contributed by atoms with van der Waals surface area (Å²) in [6.45, 7) is 4.82. The van der Waals surface area contributed by atoms with E-state index >= 15 is 0 Å². The highest BCUT2D eigenvalue weighted by molar-refractivity contribution is 5.71. The first-order valence-corrected chi connectivity index (χ1v) is 37.1. The van der Waals surface area contributed by atoms with E-state index in [0.29, 0.717) is 17.4 Å². The number of carbonyl (C=O) groups is 3. The second-order valence-corrected chi connectivity index (χ2v) is 26.2. The Morgan fingerprint density at radius 2 is 0.655 bits per heavy atom. The molecule has 2 atom stereocenters. The molecule has 0 rings (SSSR count). The number of rotatable bonds is 69. The minimum atomic E-state index is -1.51. The molecule has 0 aromatic rings. The highest BCUT2D eigenvalue weighted by atomic mass is 16.7. The SMILES string of the molecule is CC/C=C\C/C=C\C/C=C\C/C=C\C/C=C\C/C=C\CCCCCCCCCCCCCCCCCCCCC(=O)OC(COC(=O)CCCCCCCCCCCCCCCCCCCCCCCCCCC)COC(OCC[N+](C)(C)C)C(=O)O. The smallest absolute Gasteiger partial charge is 0.361 e. The normalized spacial score (nSPS) is 13.1. The quantitative estimate of drug-likeness (QED) is 0.0211. The molecule has 0 radical (unpaired) electrons. The Hall–Kier alpha value is -3.27. The number of nitrogens with zero attached hydrogens (tertiary/aromatic N) is 1. The van der Waals surface area contributed by atoms with Crippen molar-refractivity contribution >= 4 is 17.9 Å². The fourth-order valence-corrected chi connectivity index (χ4v) is 10.8. The average molecular weight is 1220 g/mol. The molecule has 0 heterocycles. The van der Waals surface area contributed by atoms with Crippen molar-refractivity contribution in [2.75, 3.05) is 47.5 Å². The molecule has 0 bridgehead atoms. The second kappa shape index (κ2) is 68.6. The summed E-state index contributed by atoms with van der Waals surface area (Å²) in [7, 11) is 5.99. The van der Waals surface area contributed by atoms with Crippen LogP contribution >= 0.6 is 0 Å². The minimum Gasteiger partial charge on any atom is -0.477 e. The fourth-order valence-electron chi connectivity index (χ4n) is 10.8. The molecule has 0 aliphatic rings. The summed E-state index contributed by atoms with van der Waals surface area (Å²) in [6, 6.07) is 0. The highest BCUT2D eigenvalue weighted by Crippen LogP contribution is 2.19. The molecule has 0 fully saturated rings. The number of esters is 2. The molecule has 0 amide bonds. The molecule has 0 spiro atoms. The average Bonchev–Trinajstić information content (AvgIpc) is 3.57. The third-order valence-electron chi connectivity index (χ3n) is 16.5. The lowest BCUT2D eigenvalue weighted by Gasteiger charge is -2.25. The van der Waals surface area contributed by atoms with Gasteiger partial charge in [-0.2, -0.15) is 0 Å². The van der Waals surface area contributed by atoms with Crippen LogP contribution in [0.3, 0.4) is 0 Å². The van der Waals surface area contributed by atoms with E-state index in [0.717, 1.165) is 77.0 Å². The topological polar surface area (TPSA) is 108 Å². The maximum atomic E-state index is 13.0. The van der Waals surface area contributed by atoms with Gasteiger partial charge in [-0.3, -0.25) is 9.59 Å². The summed E-state index contributed by atoms with van der Waals surface area (Å²) in [5.41, 5.74) is 0. The van der Waals surface area contributed by atoms with E-state index in [-0.39, 0.29) is 38.2 Å². The Bertz CT molecular complexity index is 1660. The standard InChI is InChI=1S/C78H141NO8/c1-6-8-10-12-14-16-18-20-22-24-26-28-30-32-33-34-35-36-37-38-39-40-41-42-43-45-47-49-51-53-55-57-59-61-63-65-67-69-76(81)87-74(73-86-78(77(82)83)84-71-70-79(3,4)5)72-85-75(80)68-66-64-62-60-58-56-54-52-50-48-46-44-31-29-27-25-23-21-19-17-15-13-11-9-7-2/h8,10,14,16,20,22,26,28,32-33,35-36,74,78H,6-7,9,11-13,15,17-19,21,23-25,27,29-31,34,37-73H2,1-5H3/p+1/b10-8-,16-14-,22-20-,28-26-,33-32-,36-35-. The van der Waals surface area contributed by atoms with Crippen LogP contribution in [0.4, 0.5) is 0 Å². The Morgan fingerprint density at radius 1 is 0.356 bits per heavy atom. The molecule has 0 saturated carbocycles. The third-order valence-corrected chi connectivity index (χ3v) is 16.5. The number of carbonyl (C=O) groups excluding carboxylic acids is 2. The van der Waals surface area contributed by atoms with Crippen LogP contribution in [-0.4, -0.2) is 87.4 Å². The Balaban J connectivity index is 4.03. The molecule has 9 heteroatoms. The molecule has 0 aliphatic carbocycles. The summed E-state index contributed by atoms with van der Waals surface area (Å²) in [6.07, 6.45) is 88.9. The first kappa shape index (κ1) is 83.7. The van der Waals surface area contributed by atoms with E-state index in [2.05, 4.69) is 86.8 Å². The van der Waals surface area contributed by atoms with Gasteiger partial charge in [0.05, 0.1) is 34.4 Å². The zero-order valence-electron chi connectivity index (χ0n) is 57.9. The molecule has 0 aliphatic heterocycles. The van der Waals surface area contributed by atoms with Crippen molar-refractivity contribution in [3.8, 4) is 0 Å². The maximum absolute atomic E-state index is 13.0. The van der Waals surface area contributed by atoms with Crippen molar-refractivity contribution in [2.24, 2.45) is 0 Å². The Kier molecular flexibility index (Phi) is 66.1. The van der Waals surface area contributed by atoms with Crippen molar-refractivity contribution in [2.45, 2.75) is 360 Å². The molecule has 506 valence electrons. The van der Waals surface area contributed by atoms with Gasteiger partial charge in [-0.1, -0.05) is 344 Å². The van der Waals surface area contributed by atoms with E-state index in [1.807, 2.05) is 21.1 Å². The molecular weight excluding hydrogens is 1080 g/mol. The van der Waals surface area contributed by atoms with Gasteiger partial charge in [0, 0.05) is 12.8 Å². The van der Waals surface area contributed by atoms with Gasteiger partial charge in [-0.15, -0.1) is 0 Å². The second-order valence-electron chi connectivity index (χ2n) is 26.2. The Morgan fingerprint density at radius 3 is 0.977 bits per heavy atom. The lowest BCUT2D eigenvalue weighted by molar-refractivity contribution is -0.870. The number of hydrogen-bond donors (Lipinski definition) is 1. The fraction of sp³-hybridized carbons (Fsp3) is 0.808. The molecule has 0 saturated heterocycles. The van der Waals surface area contributed by atoms with Gasteiger partial charge >= 0.3 is 17.9 Å². The lowest BCUT2D eigenvalue weighted by Crippen LogP contribution is -2.40. The third kappa shape index (κ3) is 70.1. The predicted molar refractivity (Wildman–Crippen MR) is 373 cm³/mol. The summed E-state index contributed by atoms with van der Waals surface area (Å²) >= 11 is 0. The van der Waals surface area contributed by atoms with Gasteiger partial charge in [0.25, 0.3) is 6.29 Å². The summed E-state index contributed by atoms with van der Waals surface area (Å²) in [5, 5.41) is 9.76.